The molecule has 1 aliphatic rings. The van der Waals surface area contributed by atoms with Gasteiger partial charge < -0.3 is 10.1 Å². The van der Waals surface area contributed by atoms with Crippen molar-refractivity contribution in [1.82, 2.24) is 15.5 Å². The minimum Gasteiger partial charge on any atom is -0.381 e. The Kier molecular flexibility index (Phi) is 4.26. The summed E-state index contributed by atoms with van der Waals surface area (Å²) in [5, 5.41) is 13.8. The average Bonchev–Trinajstić information content (AvgIpc) is 2.91. The average molecular weight is 241 g/mol. The first kappa shape index (κ1) is 12.0. The predicted octanol–water partition coefficient (Wildman–Crippen LogP) is 1.75. The molecule has 0 bridgehead atoms. The lowest BCUT2D eigenvalue weighted by molar-refractivity contribution is 0.175. The zero-order valence-electron chi connectivity index (χ0n) is 9.90. The van der Waals surface area contributed by atoms with Crippen LogP contribution in [0.2, 0.25) is 0 Å². The fourth-order valence-electron chi connectivity index (χ4n) is 2.14. The van der Waals surface area contributed by atoms with Gasteiger partial charge in [0.15, 0.2) is 0 Å². The molecule has 0 saturated carbocycles. The van der Waals surface area contributed by atoms with Gasteiger partial charge in [-0.15, -0.1) is 21.5 Å². The topological polar surface area (TPSA) is 47.0 Å². The van der Waals surface area contributed by atoms with Crippen molar-refractivity contribution in [3.05, 3.63) is 10.0 Å². The Bertz CT molecular complexity index is 323. The summed E-state index contributed by atoms with van der Waals surface area (Å²) < 4.78 is 5.43. The molecule has 2 heterocycles. The Balaban J connectivity index is 1.82. The van der Waals surface area contributed by atoms with Gasteiger partial charge >= 0.3 is 0 Å². The van der Waals surface area contributed by atoms with Crippen LogP contribution in [0.1, 0.15) is 29.8 Å². The van der Waals surface area contributed by atoms with E-state index in [2.05, 4.69) is 22.4 Å². The lowest BCUT2D eigenvalue weighted by atomic mass is 9.97. The Labute approximate surface area is 100 Å². The fourth-order valence-corrected chi connectivity index (χ4v) is 2.80. The largest absolute Gasteiger partial charge is 0.381 e. The van der Waals surface area contributed by atoms with Crippen LogP contribution in [-0.2, 0) is 11.3 Å². The molecule has 1 aliphatic heterocycles. The Morgan fingerprint density at radius 1 is 1.56 bits per heavy atom. The number of aryl methyl sites for hydroxylation is 1. The minimum absolute atomic E-state index is 0.548. The van der Waals surface area contributed by atoms with Crippen LogP contribution in [0.25, 0.3) is 0 Å². The Morgan fingerprint density at radius 3 is 3.00 bits per heavy atom. The van der Waals surface area contributed by atoms with Crippen LogP contribution in [0, 0.1) is 12.8 Å². The SMILES string of the molecule is CC[C@H](NCc1nnc(C)s1)[C@@H]1CCOC1. The molecule has 0 amide bonds. The number of nitrogens with zero attached hydrogens (tertiary/aromatic N) is 2. The molecule has 90 valence electrons. The number of hydrogen-bond acceptors (Lipinski definition) is 5. The first-order chi connectivity index (χ1) is 7.79. The molecule has 0 unspecified atom stereocenters. The van der Waals surface area contributed by atoms with Crippen LogP contribution in [0.3, 0.4) is 0 Å². The van der Waals surface area contributed by atoms with Gasteiger partial charge in [-0.1, -0.05) is 6.92 Å². The van der Waals surface area contributed by atoms with Crippen molar-refractivity contribution in [3.8, 4) is 0 Å². The molecule has 1 N–H and O–H groups in total. The third-order valence-corrected chi connectivity index (χ3v) is 3.90. The summed E-state index contributed by atoms with van der Waals surface area (Å²) in [6, 6.07) is 0.548. The highest BCUT2D eigenvalue weighted by atomic mass is 32.1. The molecule has 1 saturated heterocycles. The maximum atomic E-state index is 5.43. The van der Waals surface area contributed by atoms with Crippen LogP contribution in [0.4, 0.5) is 0 Å². The van der Waals surface area contributed by atoms with E-state index in [1.807, 2.05) is 6.92 Å². The van der Waals surface area contributed by atoms with E-state index < -0.39 is 0 Å². The van der Waals surface area contributed by atoms with Crippen LogP contribution in [0.5, 0.6) is 0 Å². The molecule has 1 aromatic heterocycles. The van der Waals surface area contributed by atoms with E-state index in [0.717, 1.165) is 36.2 Å². The van der Waals surface area contributed by atoms with Crippen molar-refractivity contribution in [1.29, 1.82) is 0 Å². The zero-order valence-corrected chi connectivity index (χ0v) is 10.7. The molecule has 16 heavy (non-hydrogen) atoms. The monoisotopic (exact) mass is 241 g/mol. The first-order valence-electron chi connectivity index (χ1n) is 5.89. The van der Waals surface area contributed by atoms with Crippen molar-refractivity contribution in [2.24, 2.45) is 5.92 Å². The van der Waals surface area contributed by atoms with E-state index >= 15 is 0 Å². The number of hydrogen-bond donors (Lipinski definition) is 1. The van der Waals surface area contributed by atoms with Crippen LogP contribution in [-0.4, -0.2) is 29.5 Å². The molecule has 2 rings (SSSR count). The van der Waals surface area contributed by atoms with E-state index in [1.165, 1.54) is 6.42 Å². The van der Waals surface area contributed by atoms with Gasteiger partial charge in [0, 0.05) is 19.2 Å². The second-order valence-corrected chi connectivity index (χ2v) is 5.50. The molecule has 1 aromatic rings. The highest BCUT2D eigenvalue weighted by Crippen LogP contribution is 2.19. The van der Waals surface area contributed by atoms with E-state index in [-0.39, 0.29) is 0 Å². The van der Waals surface area contributed by atoms with Crippen LogP contribution in [0.15, 0.2) is 0 Å². The molecule has 2 atom stereocenters. The van der Waals surface area contributed by atoms with Crippen molar-refractivity contribution >= 4 is 11.3 Å². The van der Waals surface area contributed by atoms with Gasteiger partial charge in [0.2, 0.25) is 0 Å². The maximum absolute atomic E-state index is 5.43. The predicted molar refractivity (Wildman–Crippen MR) is 64.5 cm³/mol. The molecular weight excluding hydrogens is 222 g/mol. The number of nitrogens with one attached hydrogen (secondary N) is 1. The summed E-state index contributed by atoms with van der Waals surface area (Å²) in [4.78, 5) is 0. The van der Waals surface area contributed by atoms with Gasteiger partial charge in [-0.05, 0) is 25.7 Å². The zero-order chi connectivity index (χ0) is 11.4. The summed E-state index contributed by atoms with van der Waals surface area (Å²) >= 11 is 1.67. The lowest BCUT2D eigenvalue weighted by Gasteiger charge is -2.21. The quantitative estimate of drug-likeness (QED) is 0.853. The molecule has 4 nitrogen and oxygen atoms in total. The van der Waals surface area contributed by atoms with Crippen molar-refractivity contribution in [3.63, 3.8) is 0 Å². The molecule has 0 spiro atoms. The minimum atomic E-state index is 0.548. The smallest absolute Gasteiger partial charge is 0.131 e. The van der Waals surface area contributed by atoms with Crippen molar-refractivity contribution in [2.45, 2.75) is 39.3 Å². The van der Waals surface area contributed by atoms with Crippen molar-refractivity contribution < 1.29 is 4.74 Å². The first-order valence-corrected chi connectivity index (χ1v) is 6.71. The van der Waals surface area contributed by atoms with Gasteiger partial charge in [-0.25, -0.2) is 0 Å². The number of ether oxygens (including phenoxy) is 1. The van der Waals surface area contributed by atoms with E-state index in [9.17, 15) is 0 Å². The van der Waals surface area contributed by atoms with Crippen LogP contribution < -0.4 is 5.32 Å². The highest BCUT2D eigenvalue weighted by molar-refractivity contribution is 7.11. The van der Waals surface area contributed by atoms with Gasteiger partial charge in [-0.3, -0.25) is 0 Å². The lowest BCUT2D eigenvalue weighted by Crippen LogP contribution is -2.35. The Morgan fingerprint density at radius 2 is 2.44 bits per heavy atom. The van der Waals surface area contributed by atoms with Gasteiger partial charge in [-0.2, -0.15) is 0 Å². The molecular formula is C11H19N3OS. The van der Waals surface area contributed by atoms with Gasteiger partial charge in [0.1, 0.15) is 10.0 Å². The fraction of sp³-hybridized carbons (Fsp3) is 0.818. The summed E-state index contributed by atoms with van der Waals surface area (Å²) in [7, 11) is 0. The summed E-state index contributed by atoms with van der Waals surface area (Å²) in [6.45, 7) is 6.87. The van der Waals surface area contributed by atoms with Gasteiger partial charge in [0.25, 0.3) is 0 Å². The summed E-state index contributed by atoms with van der Waals surface area (Å²) in [6.07, 6.45) is 2.33. The molecule has 0 radical (unpaired) electrons. The molecule has 0 aromatic carbocycles. The second-order valence-electron chi connectivity index (χ2n) is 4.23. The van der Waals surface area contributed by atoms with Crippen LogP contribution >= 0.6 is 11.3 Å². The number of aromatic nitrogens is 2. The summed E-state index contributed by atoms with van der Waals surface area (Å²) in [5.74, 6) is 0.666. The van der Waals surface area contributed by atoms with E-state index in [4.69, 9.17) is 4.74 Å². The molecule has 1 fully saturated rings. The van der Waals surface area contributed by atoms with Crippen molar-refractivity contribution in [2.75, 3.05) is 13.2 Å². The third kappa shape index (κ3) is 2.99. The molecule has 0 aliphatic carbocycles. The highest BCUT2D eigenvalue weighted by Gasteiger charge is 2.24. The maximum Gasteiger partial charge on any atom is 0.131 e. The normalized spacial score (nSPS) is 22.5. The Hall–Kier alpha value is -0.520. The van der Waals surface area contributed by atoms with E-state index in [0.29, 0.717) is 12.0 Å². The van der Waals surface area contributed by atoms with E-state index in [1.54, 1.807) is 11.3 Å². The third-order valence-electron chi connectivity index (χ3n) is 3.06. The standard InChI is InChI=1S/C11H19N3OS/c1-3-10(9-4-5-15-7-9)12-6-11-14-13-8(2)16-11/h9-10,12H,3-7H2,1-2H3/t9-,10+/m1/s1. The number of rotatable bonds is 5. The van der Waals surface area contributed by atoms with Gasteiger partial charge in [0.05, 0.1) is 6.61 Å². The second kappa shape index (κ2) is 5.70. The molecule has 5 heteroatoms. The summed E-state index contributed by atoms with van der Waals surface area (Å²) in [5.41, 5.74) is 0.